The van der Waals surface area contributed by atoms with Gasteiger partial charge in [-0.3, -0.25) is 14.4 Å². The summed E-state index contributed by atoms with van der Waals surface area (Å²) in [5.41, 5.74) is 6.60. The predicted octanol–water partition coefficient (Wildman–Crippen LogP) is 3.53. The summed E-state index contributed by atoms with van der Waals surface area (Å²) in [4.78, 5) is 36.5. The van der Waals surface area contributed by atoms with Gasteiger partial charge >= 0.3 is 0 Å². The Kier molecular flexibility index (Phi) is 7.67. The van der Waals surface area contributed by atoms with Gasteiger partial charge in [-0.2, -0.15) is 0 Å². The zero-order chi connectivity index (χ0) is 22.1. The van der Waals surface area contributed by atoms with Gasteiger partial charge in [0.05, 0.1) is 17.0 Å². The summed E-state index contributed by atoms with van der Waals surface area (Å²) >= 11 is 1.33. The third kappa shape index (κ3) is 6.90. The van der Waals surface area contributed by atoms with Crippen LogP contribution in [0.15, 0.2) is 83.8 Å². The number of nitrogens with two attached hydrogens (primary N) is 1. The minimum absolute atomic E-state index is 0.0898. The fourth-order valence-electron chi connectivity index (χ4n) is 2.64. The van der Waals surface area contributed by atoms with Gasteiger partial charge in [0.2, 0.25) is 5.91 Å². The van der Waals surface area contributed by atoms with E-state index < -0.39 is 5.91 Å². The highest BCUT2D eigenvalue weighted by Crippen LogP contribution is 2.21. The summed E-state index contributed by atoms with van der Waals surface area (Å²) in [6, 6.07) is 22.8. The number of hydrogen-bond donors (Lipinski definition) is 3. The number of nitrogens with one attached hydrogen (secondary N) is 2. The van der Waals surface area contributed by atoms with Gasteiger partial charge in [0.1, 0.15) is 5.75 Å². The molecule has 3 amide bonds. The second-order valence-electron chi connectivity index (χ2n) is 6.42. The maximum absolute atomic E-state index is 12.2. The van der Waals surface area contributed by atoms with E-state index in [1.165, 1.54) is 11.8 Å². The number of amides is 3. The van der Waals surface area contributed by atoms with E-state index in [1.807, 2.05) is 30.3 Å². The minimum atomic E-state index is -0.602. The maximum Gasteiger partial charge on any atom is 0.262 e. The smallest absolute Gasteiger partial charge is 0.262 e. The number of ether oxygens (including phenoxy) is 1. The average Bonchev–Trinajstić information content (AvgIpc) is 2.78. The first-order chi connectivity index (χ1) is 15.0. The first kappa shape index (κ1) is 21.9. The molecule has 0 atom stereocenters. The van der Waals surface area contributed by atoms with Crippen molar-refractivity contribution in [2.24, 2.45) is 5.73 Å². The molecule has 0 saturated carbocycles. The summed E-state index contributed by atoms with van der Waals surface area (Å²) in [7, 11) is 0. The van der Waals surface area contributed by atoms with Crippen LogP contribution in [0.3, 0.4) is 0 Å². The van der Waals surface area contributed by atoms with Gasteiger partial charge in [0.15, 0.2) is 6.61 Å². The molecule has 7 nitrogen and oxygen atoms in total. The van der Waals surface area contributed by atoms with Crippen molar-refractivity contribution in [3.63, 3.8) is 0 Å². The van der Waals surface area contributed by atoms with Crippen molar-refractivity contribution in [2.45, 2.75) is 4.90 Å². The fourth-order valence-corrected chi connectivity index (χ4v) is 3.34. The highest BCUT2D eigenvalue weighted by molar-refractivity contribution is 8.00. The van der Waals surface area contributed by atoms with Gasteiger partial charge in [-0.05, 0) is 48.5 Å². The maximum atomic E-state index is 12.2. The van der Waals surface area contributed by atoms with Crippen LogP contribution < -0.4 is 21.1 Å². The first-order valence-corrected chi connectivity index (χ1v) is 10.4. The van der Waals surface area contributed by atoms with Crippen LogP contribution in [0.25, 0.3) is 0 Å². The molecule has 0 aliphatic carbocycles. The Balaban J connectivity index is 1.45. The molecule has 31 heavy (non-hydrogen) atoms. The largest absolute Gasteiger partial charge is 0.484 e. The number of anilines is 2. The molecular weight excluding hydrogens is 414 g/mol. The second-order valence-corrected chi connectivity index (χ2v) is 7.47. The van der Waals surface area contributed by atoms with Crippen molar-refractivity contribution in [1.82, 2.24) is 0 Å². The van der Waals surface area contributed by atoms with Crippen LogP contribution in [0.1, 0.15) is 10.4 Å². The Morgan fingerprint density at radius 3 is 2.19 bits per heavy atom. The van der Waals surface area contributed by atoms with E-state index in [4.69, 9.17) is 10.5 Å². The summed E-state index contributed by atoms with van der Waals surface area (Å²) in [5.74, 6) is -0.341. The van der Waals surface area contributed by atoms with Crippen LogP contribution in [0.2, 0.25) is 0 Å². The van der Waals surface area contributed by atoms with Crippen LogP contribution in [0, 0.1) is 0 Å². The number of carbonyl (C=O) groups is 3. The molecule has 4 N–H and O–H groups in total. The third-order valence-corrected chi connectivity index (χ3v) is 5.10. The normalized spacial score (nSPS) is 10.2. The molecule has 3 rings (SSSR count). The Bertz CT molecular complexity index is 1060. The van der Waals surface area contributed by atoms with E-state index in [0.29, 0.717) is 17.1 Å². The SMILES string of the molecule is NC(=O)c1ccccc1NC(=O)CSc1ccc(NC(=O)COc2ccccc2)cc1. The van der Waals surface area contributed by atoms with Gasteiger partial charge in [-0.25, -0.2) is 0 Å². The van der Waals surface area contributed by atoms with Gasteiger partial charge in [-0.15, -0.1) is 11.8 Å². The monoisotopic (exact) mass is 435 g/mol. The van der Waals surface area contributed by atoms with Gasteiger partial charge in [-0.1, -0.05) is 30.3 Å². The topological polar surface area (TPSA) is 111 Å². The zero-order valence-corrected chi connectivity index (χ0v) is 17.4. The number of primary amides is 1. The van der Waals surface area contributed by atoms with E-state index in [0.717, 1.165) is 4.90 Å². The number of carbonyl (C=O) groups excluding carboxylic acids is 3. The van der Waals surface area contributed by atoms with Crippen molar-refractivity contribution >= 4 is 40.9 Å². The number of para-hydroxylation sites is 2. The van der Waals surface area contributed by atoms with Crippen LogP contribution in [0.4, 0.5) is 11.4 Å². The molecule has 0 spiro atoms. The molecular formula is C23H21N3O4S. The highest BCUT2D eigenvalue weighted by Gasteiger charge is 2.11. The third-order valence-electron chi connectivity index (χ3n) is 4.09. The molecule has 0 saturated heterocycles. The molecule has 0 unspecified atom stereocenters. The molecule has 3 aromatic rings. The molecule has 0 aliphatic rings. The van der Waals surface area contributed by atoms with E-state index >= 15 is 0 Å². The molecule has 8 heteroatoms. The molecule has 0 fully saturated rings. The van der Waals surface area contributed by atoms with Crippen molar-refractivity contribution in [1.29, 1.82) is 0 Å². The van der Waals surface area contributed by atoms with Crippen LogP contribution in [-0.4, -0.2) is 30.1 Å². The van der Waals surface area contributed by atoms with Crippen molar-refractivity contribution in [3.05, 3.63) is 84.4 Å². The lowest BCUT2D eigenvalue weighted by molar-refractivity contribution is -0.118. The molecule has 158 valence electrons. The lowest BCUT2D eigenvalue weighted by Gasteiger charge is -2.09. The molecule has 0 heterocycles. The van der Waals surface area contributed by atoms with Gasteiger partial charge in [0, 0.05) is 10.6 Å². The average molecular weight is 436 g/mol. The lowest BCUT2D eigenvalue weighted by atomic mass is 10.1. The van der Waals surface area contributed by atoms with Gasteiger partial charge in [0.25, 0.3) is 11.8 Å². The number of thioether (sulfide) groups is 1. The minimum Gasteiger partial charge on any atom is -0.484 e. The van der Waals surface area contributed by atoms with Crippen LogP contribution in [0.5, 0.6) is 5.75 Å². The van der Waals surface area contributed by atoms with E-state index in [9.17, 15) is 14.4 Å². The number of hydrogen-bond acceptors (Lipinski definition) is 5. The molecule has 0 bridgehead atoms. The number of benzene rings is 3. The quantitative estimate of drug-likeness (QED) is 0.445. The van der Waals surface area contributed by atoms with E-state index in [1.54, 1.807) is 48.5 Å². The Hall–Kier alpha value is -3.78. The lowest BCUT2D eigenvalue weighted by Crippen LogP contribution is -2.20. The Morgan fingerprint density at radius 2 is 1.48 bits per heavy atom. The zero-order valence-electron chi connectivity index (χ0n) is 16.5. The van der Waals surface area contributed by atoms with Gasteiger partial charge < -0.3 is 21.1 Å². The van der Waals surface area contributed by atoms with Crippen molar-refractivity contribution in [3.8, 4) is 5.75 Å². The van der Waals surface area contributed by atoms with Crippen LogP contribution >= 0.6 is 11.8 Å². The van der Waals surface area contributed by atoms with Crippen molar-refractivity contribution < 1.29 is 19.1 Å². The predicted molar refractivity (Wildman–Crippen MR) is 121 cm³/mol. The Labute approximate surface area is 184 Å². The molecule has 3 aromatic carbocycles. The van der Waals surface area contributed by atoms with E-state index in [2.05, 4.69) is 10.6 Å². The summed E-state index contributed by atoms with van der Waals surface area (Å²) in [6.45, 7) is -0.0898. The van der Waals surface area contributed by atoms with Crippen LogP contribution in [-0.2, 0) is 9.59 Å². The second kappa shape index (κ2) is 10.8. The molecule has 0 radical (unpaired) electrons. The molecule has 0 aliphatic heterocycles. The van der Waals surface area contributed by atoms with E-state index in [-0.39, 0.29) is 29.7 Å². The summed E-state index contributed by atoms with van der Waals surface area (Å²) in [6.07, 6.45) is 0. The first-order valence-electron chi connectivity index (χ1n) is 9.40. The highest BCUT2D eigenvalue weighted by atomic mass is 32.2. The molecule has 0 aromatic heterocycles. The standard InChI is InChI=1S/C23H21N3O4S/c24-23(29)19-8-4-5-9-20(19)26-22(28)15-31-18-12-10-16(11-13-18)25-21(27)14-30-17-6-2-1-3-7-17/h1-13H,14-15H2,(H2,24,29)(H,25,27)(H,26,28). The Morgan fingerprint density at radius 1 is 0.806 bits per heavy atom. The summed E-state index contributed by atoms with van der Waals surface area (Å²) < 4.78 is 5.41. The fraction of sp³-hybridized carbons (Fsp3) is 0.0870. The van der Waals surface area contributed by atoms with Crippen molar-refractivity contribution in [2.75, 3.05) is 23.0 Å². The number of rotatable bonds is 9. The summed E-state index contributed by atoms with van der Waals surface area (Å²) in [5, 5.41) is 5.45.